The lowest BCUT2D eigenvalue weighted by molar-refractivity contribution is 0.0697. The topological polar surface area (TPSA) is 37.3 Å². The van der Waals surface area contributed by atoms with Crippen LogP contribution in [0.15, 0.2) is 42.5 Å². The number of rotatable bonds is 2. The molecule has 3 heteroatoms. The van der Waals surface area contributed by atoms with Gasteiger partial charge in [0.25, 0.3) is 0 Å². The number of hydrogen-bond acceptors (Lipinski definition) is 1. The van der Waals surface area contributed by atoms with Crippen molar-refractivity contribution >= 4 is 5.97 Å². The van der Waals surface area contributed by atoms with Crippen LogP contribution in [-0.4, -0.2) is 11.1 Å². The van der Waals surface area contributed by atoms with Gasteiger partial charge in [-0.2, -0.15) is 0 Å². The van der Waals surface area contributed by atoms with E-state index in [0.717, 1.165) is 0 Å². The average molecular weight is 230 g/mol. The first-order chi connectivity index (χ1) is 8.09. The number of hydrogen-bond donors (Lipinski definition) is 1. The Morgan fingerprint density at radius 2 is 1.88 bits per heavy atom. The van der Waals surface area contributed by atoms with Crippen LogP contribution in [0.5, 0.6) is 0 Å². The molecule has 1 N–H and O–H groups in total. The molecule has 0 atom stereocenters. The monoisotopic (exact) mass is 230 g/mol. The summed E-state index contributed by atoms with van der Waals surface area (Å²) in [4.78, 5) is 10.9. The first kappa shape index (κ1) is 11.3. The normalized spacial score (nSPS) is 10.2. The Morgan fingerprint density at radius 1 is 1.18 bits per heavy atom. The van der Waals surface area contributed by atoms with E-state index in [0.29, 0.717) is 16.7 Å². The summed E-state index contributed by atoms with van der Waals surface area (Å²) in [5, 5.41) is 8.91. The molecule has 0 bridgehead atoms. The highest BCUT2D eigenvalue weighted by Crippen LogP contribution is 2.25. The molecule has 0 fully saturated rings. The summed E-state index contributed by atoms with van der Waals surface area (Å²) in [6.45, 7) is 1.68. The van der Waals surface area contributed by atoms with Crippen LogP contribution in [0.25, 0.3) is 11.1 Å². The minimum absolute atomic E-state index is 0.200. The average Bonchev–Trinajstić information content (AvgIpc) is 2.33. The van der Waals surface area contributed by atoms with E-state index in [1.807, 2.05) is 0 Å². The van der Waals surface area contributed by atoms with E-state index in [4.69, 9.17) is 5.11 Å². The molecule has 0 aromatic heterocycles. The zero-order valence-corrected chi connectivity index (χ0v) is 9.27. The van der Waals surface area contributed by atoms with Gasteiger partial charge in [-0.25, -0.2) is 9.18 Å². The number of aromatic carboxylic acids is 1. The number of carboxylic acids is 1. The molecule has 0 aliphatic heterocycles. The highest BCUT2D eigenvalue weighted by atomic mass is 19.1. The molecule has 0 unspecified atom stereocenters. The lowest BCUT2D eigenvalue weighted by Crippen LogP contribution is -1.96. The zero-order chi connectivity index (χ0) is 12.4. The van der Waals surface area contributed by atoms with E-state index in [-0.39, 0.29) is 11.4 Å². The van der Waals surface area contributed by atoms with Crippen molar-refractivity contribution in [2.45, 2.75) is 6.92 Å². The Morgan fingerprint density at radius 3 is 2.59 bits per heavy atom. The van der Waals surface area contributed by atoms with Crippen molar-refractivity contribution < 1.29 is 14.3 Å². The Balaban J connectivity index is 2.57. The summed E-state index contributed by atoms with van der Waals surface area (Å²) >= 11 is 0. The quantitative estimate of drug-likeness (QED) is 0.857. The van der Waals surface area contributed by atoms with Gasteiger partial charge in [-0.15, -0.1) is 0 Å². The smallest absolute Gasteiger partial charge is 0.335 e. The van der Waals surface area contributed by atoms with E-state index < -0.39 is 5.97 Å². The molecule has 2 nitrogen and oxygen atoms in total. The fourth-order valence-corrected chi connectivity index (χ4v) is 1.74. The van der Waals surface area contributed by atoms with Crippen molar-refractivity contribution in [2.75, 3.05) is 0 Å². The Kier molecular flexibility index (Phi) is 2.91. The van der Waals surface area contributed by atoms with Crippen molar-refractivity contribution in [1.82, 2.24) is 0 Å². The van der Waals surface area contributed by atoms with E-state index in [1.54, 1.807) is 37.3 Å². The van der Waals surface area contributed by atoms with Crippen LogP contribution in [0.2, 0.25) is 0 Å². The molecule has 0 aliphatic carbocycles. The molecular formula is C14H11FO2. The predicted molar refractivity (Wildman–Crippen MR) is 63.5 cm³/mol. The zero-order valence-electron chi connectivity index (χ0n) is 9.27. The van der Waals surface area contributed by atoms with Crippen LogP contribution in [-0.2, 0) is 0 Å². The lowest BCUT2D eigenvalue weighted by atomic mass is 9.98. The Labute approximate surface area is 98.3 Å². The summed E-state index contributed by atoms with van der Waals surface area (Å²) in [7, 11) is 0. The van der Waals surface area contributed by atoms with Gasteiger partial charge in [0, 0.05) is 0 Å². The van der Waals surface area contributed by atoms with Crippen molar-refractivity contribution in [3.8, 4) is 11.1 Å². The second-order valence-corrected chi connectivity index (χ2v) is 3.80. The number of benzene rings is 2. The van der Waals surface area contributed by atoms with Crippen LogP contribution in [0.3, 0.4) is 0 Å². The Hall–Kier alpha value is -2.16. The molecular weight excluding hydrogens is 219 g/mol. The van der Waals surface area contributed by atoms with Crippen molar-refractivity contribution in [1.29, 1.82) is 0 Å². The molecule has 17 heavy (non-hydrogen) atoms. The first-order valence-corrected chi connectivity index (χ1v) is 5.18. The van der Waals surface area contributed by atoms with Gasteiger partial charge in [0.1, 0.15) is 5.82 Å². The molecule has 0 heterocycles. The van der Waals surface area contributed by atoms with Gasteiger partial charge in [-0.05, 0) is 41.8 Å². The fourth-order valence-electron chi connectivity index (χ4n) is 1.74. The third kappa shape index (κ3) is 2.18. The molecule has 0 amide bonds. The van der Waals surface area contributed by atoms with Crippen molar-refractivity contribution in [3.63, 3.8) is 0 Å². The lowest BCUT2D eigenvalue weighted by Gasteiger charge is -2.07. The summed E-state index contributed by atoms with van der Waals surface area (Å²) in [6, 6.07) is 11.3. The highest BCUT2D eigenvalue weighted by molar-refractivity contribution is 5.89. The minimum atomic E-state index is -0.985. The highest BCUT2D eigenvalue weighted by Gasteiger charge is 2.08. The van der Waals surface area contributed by atoms with Gasteiger partial charge in [-0.1, -0.05) is 24.3 Å². The maximum Gasteiger partial charge on any atom is 0.335 e. The van der Waals surface area contributed by atoms with Gasteiger partial charge in [0.05, 0.1) is 5.56 Å². The van der Waals surface area contributed by atoms with Crippen LogP contribution in [0.4, 0.5) is 4.39 Å². The second kappa shape index (κ2) is 4.37. The van der Waals surface area contributed by atoms with Crippen LogP contribution >= 0.6 is 0 Å². The van der Waals surface area contributed by atoms with Crippen LogP contribution < -0.4 is 0 Å². The number of carboxylic acid groups (broad SMARTS) is 1. The second-order valence-electron chi connectivity index (χ2n) is 3.80. The largest absolute Gasteiger partial charge is 0.478 e. The molecule has 2 rings (SSSR count). The summed E-state index contributed by atoms with van der Waals surface area (Å²) in [5.74, 6) is -1.27. The maximum atomic E-state index is 13.4. The van der Waals surface area contributed by atoms with Crippen molar-refractivity contribution in [3.05, 3.63) is 59.4 Å². The summed E-state index contributed by atoms with van der Waals surface area (Å²) < 4.78 is 13.4. The van der Waals surface area contributed by atoms with Crippen LogP contribution in [0, 0.1) is 12.7 Å². The predicted octanol–water partition coefficient (Wildman–Crippen LogP) is 3.50. The van der Waals surface area contributed by atoms with Gasteiger partial charge in [0.2, 0.25) is 0 Å². The standard InChI is InChI=1S/C14H11FO2/c1-9-12(6-3-7-13(9)15)10-4-2-5-11(8-10)14(16)17/h2-8H,1H3,(H,16,17). The molecule has 0 spiro atoms. The Bertz CT molecular complexity index is 576. The molecule has 0 radical (unpaired) electrons. The van der Waals surface area contributed by atoms with Crippen molar-refractivity contribution in [2.24, 2.45) is 0 Å². The van der Waals surface area contributed by atoms with E-state index in [9.17, 15) is 9.18 Å². The van der Waals surface area contributed by atoms with Gasteiger partial charge in [-0.3, -0.25) is 0 Å². The van der Waals surface area contributed by atoms with E-state index in [2.05, 4.69) is 0 Å². The van der Waals surface area contributed by atoms with Gasteiger partial charge in [0.15, 0.2) is 0 Å². The maximum absolute atomic E-state index is 13.4. The molecule has 2 aromatic rings. The molecule has 86 valence electrons. The minimum Gasteiger partial charge on any atom is -0.478 e. The first-order valence-electron chi connectivity index (χ1n) is 5.18. The van der Waals surface area contributed by atoms with Gasteiger partial charge < -0.3 is 5.11 Å². The number of carbonyl (C=O) groups is 1. The molecule has 0 saturated heterocycles. The van der Waals surface area contributed by atoms with Gasteiger partial charge >= 0.3 is 5.97 Å². The molecule has 2 aromatic carbocycles. The SMILES string of the molecule is Cc1c(F)cccc1-c1cccc(C(=O)O)c1. The summed E-state index contributed by atoms with van der Waals surface area (Å²) in [6.07, 6.45) is 0. The molecule has 0 aliphatic rings. The third-order valence-electron chi connectivity index (χ3n) is 2.69. The van der Waals surface area contributed by atoms with E-state index >= 15 is 0 Å². The molecule has 0 saturated carbocycles. The number of halogens is 1. The van der Waals surface area contributed by atoms with E-state index in [1.165, 1.54) is 12.1 Å². The van der Waals surface area contributed by atoms with Crippen LogP contribution in [0.1, 0.15) is 15.9 Å². The fraction of sp³-hybridized carbons (Fsp3) is 0.0714. The summed E-state index contributed by atoms with van der Waals surface area (Å²) in [5.41, 5.74) is 2.15. The third-order valence-corrected chi connectivity index (χ3v) is 2.69.